The zero-order valence-corrected chi connectivity index (χ0v) is 23.2. The molecule has 0 aromatic heterocycles. The van der Waals surface area contributed by atoms with Crippen LogP contribution in [0.5, 0.6) is 17.2 Å². The summed E-state index contributed by atoms with van der Waals surface area (Å²) in [7, 11) is 4.36. The topological polar surface area (TPSA) is 178 Å². The largest absolute Gasteiger partial charge is 0.496 e. The molecule has 2 atom stereocenters. The summed E-state index contributed by atoms with van der Waals surface area (Å²) in [5.41, 5.74) is -3.80. The van der Waals surface area contributed by atoms with Crippen LogP contribution < -0.4 is 14.2 Å². The van der Waals surface area contributed by atoms with Gasteiger partial charge in [-0.05, 0) is 33.4 Å². The number of hydrogen-bond donors (Lipinski definition) is 0. The smallest absolute Gasteiger partial charge is 0.365 e. The third-order valence-electron chi connectivity index (χ3n) is 6.78. The first kappa shape index (κ1) is 30.2. The van der Waals surface area contributed by atoms with Gasteiger partial charge in [-0.3, -0.25) is 34.7 Å². The first-order chi connectivity index (χ1) is 18.7. The van der Waals surface area contributed by atoms with Crippen molar-refractivity contribution in [3.8, 4) is 17.2 Å². The molecule has 14 nitrogen and oxygen atoms in total. The van der Waals surface area contributed by atoms with Crippen molar-refractivity contribution in [3.05, 3.63) is 60.1 Å². The second kappa shape index (κ2) is 11.4. The molecule has 0 aliphatic carbocycles. The maximum atomic E-state index is 13.4. The van der Waals surface area contributed by atoms with Gasteiger partial charge in [-0.2, -0.15) is 0 Å². The second-order valence-corrected chi connectivity index (χ2v) is 9.44. The van der Waals surface area contributed by atoms with Crippen LogP contribution in [0, 0.1) is 20.2 Å². The molecule has 2 unspecified atom stereocenters. The standard InChI is InChI=1S/C25H26ClN3O11/c1-12(30)19-17(37-5)11-18(38-6)20(15-9-10-27(4)25(15,3)40-13(2)31)23(19)39-24(32)14-7-8-16(28(33)34)22(21(14)26)29(35)36/h7-8,11,15H,9-10H2,1-6H3. The highest BCUT2D eigenvalue weighted by atomic mass is 35.5. The van der Waals surface area contributed by atoms with Gasteiger partial charge in [0.2, 0.25) is 0 Å². The van der Waals surface area contributed by atoms with Crippen molar-refractivity contribution in [1.82, 2.24) is 4.90 Å². The minimum atomic E-state index is -1.26. The van der Waals surface area contributed by atoms with Crippen molar-refractivity contribution in [2.24, 2.45) is 0 Å². The van der Waals surface area contributed by atoms with Crippen LogP contribution in [0.25, 0.3) is 0 Å². The molecule has 1 aliphatic rings. The van der Waals surface area contributed by atoms with E-state index in [1.807, 2.05) is 0 Å². The van der Waals surface area contributed by atoms with Gasteiger partial charge in [0.15, 0.2) is 17.3 Å². The molecule has 1 heterocycles. The molecule has 1 saturated heterocycles. The third kappa shape index (κ3) is 5.27. The molecule has 40 heavy (non-hydrogen) atoms. The molecule has 0 spiro atoms. The Balaban J connectivity index is 2.32. The van der Waals surface area contributed by atoms with Crippen molar-refractivity contribution >= 4 is 40.7 Å². The molecule has 0 saturated carbocycles. The summed E-state index contributed by atoms with van der Waals surface area (Å²) in [6.07, 6.45) is 0.384. The van der Waals surface area contributed by atoms with Gasteiger partial charge >= 0.3 is 23.3 Å². The van der Waals surface area contributed by atoms with Crippen LogP contribution in [0.1, 0.15) is 59.4 Å². The number of ketones is 1. The molecule has 3 rings (SSSR count). The second-order valence-electron chi connectivity index (χ2n) is 9.06. The lowest BCUT2D eigenvalue weighted by Crippen LogP contribution is -2.46. The van der Waals surface area contributed by atoms with Crippen molar-refractivity contribution in [2.75, 3.05) is 27.8 Å². The summed E-state index contributed by atoms with van der Waals surface area (Å²) in [6, 6.07) is 3.09. The van der Waals surface area contributed by atoms with Gasteiger partial charge in [0.05, 0.1) is 29.6 Å². The number of hydrogen-bond acceptors (Lipinski definition) is 12. The van der Waals surface area contributed by atoms with Gasteiger partial charge in [0, 0.05) is 37.1 Å². The van der Waals surface area contributed by atoms with Gasteiger partial charge in [0.1, 0.15) is 22.1 Å². The Kier molecular flexibility index (Phi) is 8.65. The quantitative estimate of drug-likeness (QED) is 0.135. The number of nitro benzene ring substituents is 2. The Labute approximate surface area is 233 Å². The van der Waals surface area contributed by atoms with E-state index in [0.29, 0.717) is 13.0 Å². The molecule has 15 heteroatoms. The highest BCUT2D eigenvalue weighted by molar-refractivity contribution is 6.36. The fraction of sp³-hybridized carbons (Fsp3) is 0.400. The van der Waals surface area contributed by atoms with Crippen molar-refractivity contribution < 1.29 is 43.2 Å². The summed E-state index contributed by atoms with van der Waals surface area (Å²) >= 11 is 6.09. The Morgan fingerprint density at radius 3 is 2.20 bits per heavy atom. The van der Waals surface area contributed by atoms with Crippen LogP contribution in [0.15, 0.2) is 18.2 Å². The number of halogens is 1. The van der Waals surface area contributed by atoms with Gasteiger partial charge in [-0.1, -0.05) is 11.6 Å². The minimum absolute atomic E-state index is 0.00258. The van der Waals surface area contributed by atoms with E-state index < -0.39 is 61.2 Å². The Hall–Kier alpha value is -4.30. The molecular weight excluding hydrogens is 554 g/mol. The SMILES string of the molecule is COc1cc(OC)c(C2CCN(C)C2(C)OC(C)=O)c(OC(=O)c2ccc([N+](=O)[O-])c([N+](=O)[O-])c2Cl)c1C(C)=O. The van der Waals surface area contributed by atoms with E-state index in [0.717, 1.165) is 12.1 Å². The molecule has 2 aromatic rings. The molecule has 214 valence electrons. The van der Waals surface area contributed by atoms with E-state index in [-0.39, 0.29) is 28.4 Å². The van der Waals surface area contributed by atoms with Gasteiger partial charge in [-0.15, -0.1) is 0 Å². The number of rotatable bonds is 9. The molecule has 0 N–H and O–H groups in total. The van der Waals surface area contributed by atoms with Crippen molar-refractivity contribution in [2.45, 2.75) is 38.8 Å². The summed E-state index contributed by atoms with van der Waals surface area (Å²) in [4.78, 5) is 60.9. The molecule has 0 amide bonds. The normalized spacial score (nSPS) is 18.6. The number of methoxy groups -OCH3 is 2. The van der Waals surface area contributed by atoms with Crippen LogP contribution in [-0.2, 0) is 9.53 Å². The van der Waals surface area contributed by atoms with Crippen LogP contribution in [0.3, 0.4) is 0 Å². The first-order valence-electron chi connectivity index (χ1n) is 11.7. The lowest BCUT2D eigenvalue weighted by atomic mass is 9.86. The Morgan fingerprint density at radius 2 is 1.70 bits per heavy atom. The number of nitrogens with zero attached hydrogens (tertiary/aromatic N) is 3. The molecule has 2 aromatic carbocycles. The maximum absolute atomic E-state index is 13.4. The summed E-state index contributed by atoms with van der Waals surface area (Å²) in [5, 5.41) is 22.0. The van der Waals surface area contributed by atoms with Crippen LogP contribution in [0.2, 0.25) is 5.02 Å². The van der Waals surface area contributed by atoms with E-state index >= 15 is 0 Å². The van der Waals surface area contributed by atoms with E-state index in [1.165, 1.54) is 34.1 Å². The average molecular weight is 580 g/mol. The van der Waals surface area contributed by atoms with E-state index in [1.54, 1.807) is 18.9 Å². The molecular formula is C25H26ClN3O11. The molecule has 1 aliphatic heterocycles. The number of carbonyl (C=O) groups is 3. The zero-order valence-electron chi connectivity index (χ0n) is 22.4. The van der Waals surface area contributed by atoms with Gasteiger partial charge in [0.25, 0.3) is 0 Å². The monoisotopic (exact) mass is 579 g/mol. The lowest BCUT2D eigenvalue weighted by Gasteiger charge is -2.37. The Morgan fingerprint density at radius 1 is 1.07 bits per heavy atom. The number of esters is 2. The summed E-state index contributed by atoms with van der Waals surface area (Å²) in [5.74, 6) is -3.24. The number of Topliss-reactive ketones (excluding diaryl/α,β-unsaturated/α-hetero) is 1. The summed E-state index contributed by atoms with van der Waals surface area (Å²) in [6.45, 7) is 4.56. The van der Waals surface area contributed by atoms with E-state index in [9.17, 15) is 34.6 Å². The Bertz CT molecular complexity index is 1430. The number of likely N-dealkylation sites (N-methyl/N-ethyl adjacent to an activating group) is 1. The van der Waals surface area contributed by atoms with Gasteiger partial charge in [-0.25, -0.2) is 4.79 Å². The fourth-order valence-electron chi connectivity index (χ4n) is 4.84. The minimum Gasteiger partial charge on any atom is -0.496 e. The number of nitro groups is 2. The highest BCUT2D eigenvalue weighted by Gasteiger charge is 2.50. The predicted molar refractivity (Wildman–Crippen MR) is 139 cm³/mol. The zero-order chi connectivity index (χ0) is 30.1. The van der Waals surface area contributed by atoms with Crippen LogP contribution in [-0.4, -0.2) is 66.0 Å². The average Bonchev–Trinajstić information content (AvgIpc) is 3.14. The number of carbonyl (C=O) groups excluding carboxylic acids is 3. The van der Waals surface area contributed by atoms with Crippen molar-refractivity contribution in [3.63, 3.8) is 0 Å². The van der Waals surface area contributed by atoms with E-state index in [4.69, 9.17) is 30.5 Å². The fourth-order valence-corrected chi connectivity index (χ4v) is 5.14. The summed E-state index contributed by atoms with van der Waals surface area (Å²) < 4.78 is 22.4. The lowest BCUT2D eigenvalue weighted by molar-refractivity contribution is -0.422. The van der Waals surface area contributed by atoms with Crippen LogP contribution in [0.4, 0.5) is 11.4 Å². The number of likely N-dealkylation sites (tertiary alicyclic amines) is 1. The molecule has 1 fully saturated rings. The van der Waals surface area contributed by atoms with Crippen molar-refractivity contribution in [1.29, 1.82) is 0 Å². The molecule has 0 radical (unpaired) electrons. The van der Waals surface area contributed by atoms with E-state index in [2.05, 4.69) is 0 Å². The number of benzene rings is 2. The highest BCUT2D eigenvalue weighted by Crippen LogP contribution is 2.52. The van der Waals surface area contributed by atoms with Crippen LogP contribution >= 0.6 is 11.6 Å². The van der Waals surface area contributed by atoms with Gasteiger partial charge < -0.3 is 18.9 Å². The number of ether oxygens (including phenoxy) is 4. The maximum Gasteiger partial charge on any atom is 0.365 e. The first-order valence-corrected chi connectivity index (χ1v) is 12.1. The predicted octanol–water partition coefficient (Wildman–Crippen LogP) is 4.29. The third-order valence-corrected chi connectivity index (χ3v) is 7.17. The molecule has 0 bridgehead atoms.